The van der Waals surface area contributed by atoms with E-state index in [9.17, 15) is 0 Å². The highest BCUT2D eigenvalue weighted by Gasteiger charge is 2.35. The van der Waals surface area contributed by atoms with Gasteiger partial charge in [0.2, 0.25) is 0 Å². The zero-order chi connectivity index (χ0) is 34.1. The van der Waals surface area contributed by atoms with Gasteiger partial charge < -0.3 is 4.57 Å². The summed E-state index contributed by atoms with van der Waals surface area (Å²) in [7, 11) is -3.40. The Hall–Kier alpha value is -6.41. The molecular formula is C48H27N2OP. The third-order valence-corrected chi connectivity index (χ3v) is 14.6. The molecule has 0 amide bonds. The highest BCUT2D eigenvalue weighted by molar-refractivity contribution is 7.86. The lowest BCUT2D eigenvalue weighted by Gasteiger charge is -2.27. The Morgan fingerprint density at radius 3 is 1.65 bits per heavy atom. The van der Waals surface area contributed by atoms with Crippen molar-refractivity contribution in [1.29, 1.82) is 0 Å². The molecule has 0 saturated carbocycles. The minimum atomic E-state index is -3.40. The van der Waals surface area contributed by atoms with Gasteiger partial charge in [-0.25, -0.2) is 4.98 Å². The van der Waals surface area contributed by atoms with E-state index in [1.807, 2.05) is 72.9 Å². The number of pyridine rings is 2. The van der Waals surface area contributed by atoms with Gasteiger partial charge in [0, 0.05) is 59.8 Å². The summed E-state index contributed by atoms with van der Waals surface area (Å²) >= 11 is 0. The molecule has 12 rings (SSSR count). The fourth-order valence-electron chi connectivity index (χ4n) is 9.34. The van der Waals surface area contributed by atoms with Crippen LogP contribution in [0.3, 0.4) is 0 Å². The van der Waals surface area contributed by atoms with Crippen molar-refractivity contribution in [3.63, 3.8) is 0 Å². The molecule has 2 heterocycles. The van der Waals surface area contributed by atoms with Crippen LogP contribution in [0.2, 0.25) is 0 Å². The molecule has 2 aromatic heterocycles. The molecule has 4 heteroatoms. The monoisotopic (exact) mass is 678 g/mol. The van der Waals surface area contributed by atoms with Crippen LogP contribution in [0.25, 0.3) is 97.3 Å². The number of aromatic nitrogens is 2. The Morgan fingerprint density at radius 1 is 0.365 bits per heavy atom. The quantitative estimate of drug-likeness (QED) is 0.106. The van der Waals surface area contributed by atoms with Crippen molar-refractivity contribution in [2.24, 2.45) is 0 Å². The maximum atomic E-state index is 16.4. The molecule has 10 aromatic carbocycles. The minimum Gasteiger partial charge on any atom is -0.309 e. The Kier molecular flexibility index (Phi) is 5.50. The summed E-state index contributed by atoms with van der Waals surface area (Å²) in [4.78, 5) is 10.6. The van der Waals surface area contributed by atoms with E-state index in [0.29, 0.717) is 0 Å². The molecule has 0 saturated heterocycles. The summed E-state index contributed by atoms with van der Waals surface area (Å²) in [6.07, 6.45) is 1.89. The number of hydrogen-bond donors (Lipinski definition) is 0. The van der Waals surface area contributed by atoms with Crippen LogP contribution in [0.5, 0.6) is 0 Å². The van der Waals surface area contributed by atoms with E-state index in [-0.39, 0.29) is 0 Å². The van der Waals surface area contributed by atoms with E-state index in [1.165, 1.54) is 32.3 Å². The normalized spacial score (nSPS) is 12.7. The molecule has 3 nitrogen and oxygen atoms in total. The predicted molar refractivity (Wildman–Crippen MR) is 221 cm³/mol. The van der Waals surface area contributed by atoms with Gasteiger partial charge in [-0.2, -0.15) is 0 Å². The predicted octanol–water partition coefficient (Wildman–Crippen LogP) is 11.4. The van der Waals surface area contributed by atoms with Crippen molar-refractivity contribution >= 4 is 120 Å². The van der Waals surface area contributed by atoms with Crippen LogP contribution in [-0.2, 0) is 4.57 Å². The Labute approximate surface area is 297 Å². The summed E-state index contributed by atoms with van der Waals surface area (Å²) in [5.74, 6) is 0. The summed E-state index contributed by atoms with van der Waals surface area (Å²) in [6, 6.07) is 54.9. The second-order valence-corrected chi connectivity index (χ2v) is 16.6. The van der Waals surface area contributed by atoms with Gasteiger partial charge in [0.1, 0.15) is 0 Å². The summed E-state index contributed by atoms with van der Waals surface area (Å²) in [6.45, 7) is 0. The average molecular weight is 679 g/mol. The standard InChI is InChI=1S/C48H27N2OP/c51-52(30-13-3-1-4-14-30,31-15-5-2-6-16-31)48-36-20-10-9-19-34(36)43-42-37(48)25-22-28-21-24-35-32-17-7-8-18-33(32)41-44-38(26-23-29-12-11-27-49-46(29)44)50-47(43)45(41)40(35)39(28)42/h1-27H. The second kappa shape index (κ2) is 10.1. The first-order valence-corrected chi connectivity index (χ1v) is 19.4. The maximum absolute atomic E-state index is 16.4. The Morgan fingerprint density at radius 2 is 0.923 bits per heavy atom. The van der Waals surface area contributed by atoms with Crippen LogP contribution in [-0.4, -0.2) is 9.97 Å². The SMILES string of the molecule is O=P(c1ccccc1)(c1ccccc1)c1c2ccccc2c2c3nc4ccc5cccnc5c4c4c5ccccc5c5ccc6ccc1c2c6c5c34. The molecule has 12 aromatic rings. The zero-order valence-electron chi connectivity index (χ0n) is 27.8. The van der Waals surface area contributed by atoms with Gasteiger partial charge in [-0.05, 0) is 55.2 Å². The van der Waals surface area contributed by atoms with Crippen LogP contribution < -0.4 is 15.9 Å². The van der Waals surface area contributed by atoms with Gasteiger partial charge in [0.25, 0.3) is 0 Å². The van der Waals surface area contributed by atoms with Crippen molar-refractivity contribution < 1.29 is 4.57 Å². The molecule has 0 bridgehead atoms. The molecule has 0 unspecified atom stereocenters. The Balaban J connectivity index is 1.43. The van der Waals surface area contributed by atoms with E-state index < -0.39 is 7.14 Å². The minimum absolute atomic E-state index is 0.827. The first kappa shape index (κ1) is 28.3. The van der Waals surface area contributed by atoms with Gasteiger partial charge in [-0.1, -0.05) is 146 Å². The van der Waals surface area contributed by atoms with Crippen molar-refractivity contribution in [2.45, 2.75) is 0 Å². The molecular weight excluding hydrogens is 652 g/mol. The van der Waals surface area contributed by atoms with Crippen molar-refractivity contribution in [3.8, 4) is 0 Å². The van der Waals surface area contributed by atoms with E-state index in [0.717, 1.165) is 80.9 Å². The van der Waals surface area contributed by atoms with Crippen LogP contribution in [0.1, 0.15) is 0 Å². The first-order valence-electron chi connectivity index (χ1n) is 17.7. The maximum Gasteiger partial charge on any atom is 0.172 e. The van der Waals surface area contributed by atoms with E-state index in [4.69, 9.17) is 9.97 Å². The lowest BCUT2D eigenvalue weighted by Crippen LogP contribution is -2.26. The number of rotatable bonds is 3. The van der Waals surface area contributed by atoms with Crippen LogP contribution in [0.4, 0.5) is 0 Å². The van der Waals surface area contributed by atoms with Gasteiger partial charge in [0.15, 0.2) is 7.14 Å². The van der Waals surface area contributed by atoms with Crippen molar-refractivity contribution in [1.82, 2.24) is 9.97 Å². The van der Waals surface area contributed by atoms with Gasteiger partial charge in [-0.3, -0.25) is 4.98 Å². The van der Waals surface area contributed by atoms with Gasteiger partial charge >= 0.3 is 0 Å². The molecule has 52 heavy (non-hydrogen) atoms. The Bertz CT molecular complexity index is 3440. The molecule has 0 radical (unpaired) electrons. The summed E-state index contributed by atoms with van der Waals surface area (Å²) in [5.41, 5.74) is 2.86. The highest BCUT2D eigenvalue weighted by atomic mass is 31.2. The van der Waals surface area contributed by atoms with Gasteiger partial charge in [-0.15, -0.1) is 0 Å². The smallest absolute Gasteiger partial charge is 0.172 e. The number of nitrogens with zero attached hydrogens (tertiary/aromatic N) is 2. The zero-order valence-corrected chi connectivity index (χ0v) is 28.7. The second-order valence-electron chi connectivity index (χ2n) is 13.9. The average Bonchev–Trinajstić information content (AvgIpc) is 3.22. The fraction of sp³-hybridized carbons (Fsp3) is 0. The van der Waals surface area contributed by atoms with E-state index in [2.05, 4.69) is 91.0 Å². The summed E-state index contributed by atoms with van der Waals surface area (Å²) < 4.78 is 16.4. The topological polar surface area (TPSA) is 42.9 Å². The number of benzene rings is 10. The lowest BCUT2D eigenvalue weighted by atomic mass is 9.82. The molecule has 0 atom stereocenters. The van der Waals surface area contributed by atoms with Crippen LogP contribution in [0.15, 0.2) is 164 Å². The fourth-order valence-corrected chi connectivity index (χ4v) is 12.4. The first-order chi connectivity index (χ1) is 25.7. The highest BCUT2D eigenvalue weighted by Crippen LogP contribution is 2.54. The third-order valence-electron chi connectivity index (χ3n) is 11.4. The molecule has 0 aliphatic carbocycles. The summed E-state index contributed by atoms with van der Waals surface area (Å²) in [5, 5.41) is 19.5. The van der Waals surface area contributed by atoms with Crippen LogP contribution in [0, 0.1) is 0 Å². The molecule has 0 aliphatic rings. The number of fused-ring (bicyclic) bond motifs is 10. The largest absolute Gasteiger partial charge is 0.309 e. The van der Waals surface area contributed by atoms with E-state index >= 15 is 4.57 Å². The van der Waals surface area contributed by atoms with Crippen molar-refractivity contribution in [2.75, 3.05) is 0 Å². The molecule has 240 valence electrons. The third kappa shape index (κ3) is 3.44. The number of hydrogen-bond acceptors (Lipinski definition) is 3. The lowest BCUT2D eigenvalue weighted by molar-refractivity contribution is 0.593. The van der Waals surface area contributed by atoms with Crippen molar-refractivity contribution in [3.05, 3.63) is 164 Å². The van der Waals surface area contributed by atoms with E-state index in [1.54, 1.807) is 0 Å². The molecule has 0 fully saturated rings. The molecule has 0 N–H and O–H groups in total. The molecule has 0 spiro atoms. The van der Waals surface area contributed by atoms with Gasteiger partial charge in [0.05, 0.1) is 16.6 Å². The van der Waals surface area contributed by atoms with Crippen LogP contribution >= 0.6 is 7.14 Å². The molecule has 0 aliphatic heterocycles.